The van der Waals surface area contributed by atoms with Crippen LogP contribution in [-0.2, 0) is 0 Å². The largest absolute Gasteiger partial charge is 0.309 e. The van der Waals surface area contributed by atoms with Gasteiger partial charge in [0, 0.05) is 49.4 Å². The van der Waals surface area contributed by atoms with Crippen molar-refractivity contribution in [3.05, 3.63) is 163 Å². The van der Waals surface area contributed by atoms with Crippen molar-refractivity contribution in [3.8, 4) is 29.2 Å². The van der Waals surface area contributed by atoms with E-state index in [1.165, 1.54) is 16.2 Å². The lowest BCUT2D eigenvalue weighted by molar-refractivity contribution is 1.17. The third-order valence-corrected chi connectivity index (χ3v) is 9.87. The van der Waals surface area contributed by atoms with E-state index in [4.69, 9.17) is 0 Å². The van der Waals surface area contributed by atoms with Gasteiger partial charge in [-0.15, -0.1) is 0 Å². The Bertz CT molecular complexity index is 3040. The van der Waals surface area contributed by atoms with Gasteiger partial charge in [0.1, 0.15) is 0 Å². The average Bonchev–Trinajstić information content (AvgIpc) is 3.80. The molecule has 0 bridgehead atoms. The molecule has 0 amide bonds. The van der Waals surface area contributed by atoms with E-state index in [9.17, 15) is 10.5 Å². The normalized spacial score (nSPS) is 11.6. The van der Waals surface area contributed by atoms with Crippen LogP contribution in [0.25, 0.3) is 82.5 Å². The van der Waals surface area contributed by atoms with Crippen LogP contribution in [0.3, 0.4) is 0 Å². The predicted octanol–water partition coefficient (Wildman–Crippen LogP) is 10.7. The number of hydrogen-bond acceptors (Lipinski definition) is 2. The van der Waals surface area contributed by atoms with Gasteiger partial charge in [-0.2, -0.15) is 10.5 Å². The molecule has 0 fully saturated rings. The van der Waals surface area contributed by atoms with Crippen LogP contribution in [0.5, 0.6) is 0 Å². The van der Waals surface area contributed by atoms with Crippen LogP contribution in [0.15, 0.2) is 152 Å². The lowest BCUT2D eigenvalue weighted by Crippen LogP contribution is -1.96. The summed E-state index contributed by atoms with van der Waals surface area (Å²) in [4.78, 5) is 0. The van der Waals surface area contributed by atoms with Gasteiger partial charge < -0.3 is 13.7 Å². The highest BCUT2D eigenvalue weighted by molar-refractivity contribution is 6.31. The molecule has 226 valence electrons. The van der Waals surface area contributed by atoms with Crippen molar-refractivity contribution in [1.29, 1.82) is 10.5 Å². The third kappa shape index (κ3) is 3.73. The number of benzene rings is 7. The molecular weight excluding hydrogens is 599 g/mol. The van der Waals surface area contributed by atoms with Gasteiger partial charge in [0.25, 0.3) is 0 Å². The number of hydrogen-bond donors (Lipinski definition) is 0. The second-order valence-electron chi connectivity index (χ2n) is 12.4. The first-order chi connectivity index (χ1) is 24.2. The lowest BCUT2D eigenvalue weighted by Gasteiger charge is -2.11. The first kappa shape index (κ1) is 27.1. The number of para-hydroxylation sites is 3. The molecule has 0 spiro atoms. The quantitative estimate of drug-likeness (QED) is 0.197. The highest BCUT2D eigenvalue weighted by Crippen LogP contribution is 2.46. The SMILES string of the molecule is N#Cc1ccc(-n2c3cc(C#N)ccc3c3c2ccc2c4ccc5c(c6ccccc6n5-c5ccccc5)c4n(-c4ccccc4)c23)cc1. The molecule has 0 aliphatic carbocycles. The number of aromatic nitrogens is 3. The van der Waals surface area contributed by atoms with Gasteiger partial charge in [-0.3, -0.25) is 0 Å². The van der Waals surface area contributed by atoms with Crippen LogP contribution in [-0.4, -0.2) is 13.7 Å². The molecule has 10 aromatic rings. The summed E-state index contributed by atoms with van der Waals surface area (Å²) in [6.45, 7) is 0. The van der Waals surface area contributed by atoms with Crippen molar-refractivity contribution in [2.24, 2.45) is 0 Å². The van der Waals surface area contributed by atoms with Gasteiger partial charge >= 0.3 is 0 Å². The molecule has 0 radical (unpaired) electrons. The zero-order valence-corrected chi connectivity index (χ0v) is 26.2. The van der Waals surface area contributed by atoms with Gasteiger partial charge in [0.2, 0.25) is 0 Å². The lowest BCUT2D eigenvalue weighted by atomic mass is 10.1. The molecule has 0 saturated carbocycles. The molecule has 3 aromatic heterocycles. The monoisotopic (exact) mass is 623 g/mol. The van der Waals surface area contributed by atoms with Crippen LogP contribution in [0.4, 0.5) is 0 Å². The molecule has 0 N–H and O–H groups in total. The highest BCUT2D eigenvalue weighted by atomic mass is 15.0. The molecule has 3 heterocycles. The van der Waals surface area contributed by atoms with Crippen molar-refractivity contribution in [3.63, 3.8) is 0 Å². The standard InChI is InChI=1S/C44H25N5/c45-26-28-15-18-32(19-16-28)48-39-24-22-34-33-21-23-38-41(35-13-7-8-14-37(35)47(38)30-9-3-1-4-10-30)43(33)49(31-11-5-2-6-12-31)44(34)42(39)36-20-17-29(27-46)25-40(36)48/h1-25H. The summed E-state index contributed by atoms with van der Waals surface area (Å²) in [5, 5.41) is 26.3. The molecule has 0 unspecified atom stereocenters. The minimum atomic E-state index is 0.598. The van der Waals surface area contributed by atoms with E-state index >= 15 is 0 Å². The maximum Gasteiger partial charge on any atom is 0.0992 e. The Labute approximate surface area is 280 Å². The molecule has 0 aliphatic rings. The minimum Gasteiger partial charge on any atom is -0.309 e. The molecular formula is C44H25N5. The summed E-state index contributed by atoms with van der Waals surface area (Å²) in [7, 11) is 0. The Balaban J connectivity index is 1.45. The summed E-state index contributed by atoms with van der Waals surface area (Å²) in [5.41, 5.74) is 10.9. The highest BCUT2D eigenvalue weighted by Gasteiger charge is 2.24. The van der Waals surface area contributed by atoms with Crippen LogP contribution < -0.4 is 0 Å². The molecule has 0 saturated heterocycles. The van der Waals surface area contributed by atoms with Gasteiger partial charge in [-0.25, -0.2) is 0 Å². The Kier molecular flexibility index (Phi) is 5.64. The fourth-order valence-electron chi connectivity index (χ4n) is 7.87. The zero-order valence-electron chi connectivity index (χ0n) is 26.2. The second-order valence-corrected chi connectivity index (χ2v) is 12.4. The van der Waals surface area contributed by atoms with Gasteiger partial charge in [-0.05, 0) is 78.9 Å². The van der Waals surface area contributed by atoms with E-state index in [1.54, 1.807) is 0 Å². The van der Waals surface area contributed by atoms with E-state index in [1.807, 2.05) is 36.4 Å². The van der Waals surface area contributed by atoms with Crippen molar-refractivity contribution < 1.29 is 0 Å². The van der Waals surface area contributed by atoms with Gasteiger partial charge in [0.05, 0.1) is 56.4 Å². The molecule has 0 aliphatic heterocycles. The molecule has 7 aromatic carbocycles. The van der Waals surface area contributed by atoms with Gasteiger partial charge in [0.15, 0.2) is 0 Å². The van der Waals surface area contributed by atoms with E-state index in [2.05, 4.69) is 141 Å². The Hall–Kier alpha value is -7.08. The van der Waals surface area contributed by atoms with E-state index < -0.39 is 0 Å². The first-order valence-electron chi connectivity index (χ1n) is 16.2. The van der Waals surface area contributed by atoms with Crippen molar-refractivity contribution in [1.82, 2.24) is 13.7 Å². The fourth-order valence-corrected chi connectivity index (χ4v) is 7.87. The number of nitrogens with zero attached hydrogens (tertiary/aromatic N) is 5. The van der Waals surface area contributed by atoms with Gasteiger partial charge in [-0.1, -0.05) is 72.8 Å². The Morgan fingerprint density at radius 1 is 0.347 bits per heavy atom. The minimum absolute atomic E-state index is 0.598. The summed E-state index contributed by atoms with van der Waals surface area (Å²) < 4.78 is 7.03. The maximum absolute atomic E-state index is 9.93. The van der Waals surface area contributed by atoms with Crippen LogP contribution in [0.2, 0.25) is 0 Å². The maximum atomic E-state index is 9.93. The summed E-state index contributed by atoms with van der Waals surface area (Å²) in [6.07, 6.45) is 0. The number of rotatable bonds is 3. The average molecular weight is 624 g/mol. The van der Waals surface area contributed by atoms with Crippen molar-refractivity contribution >= 4 is 65.4 Å². The summed E-state index contributed by atoms with van der Waals surface area (Å²) in [6, 6.07) is 57.1. The Morgan fingerprint density at radius 2 is 0.816 bits per heavy atom. The molecule has 49 heavy (non-hydrogen) atoms. The predicted molar refractivity (Wildman–Crippen MR) is 199 cm³/mol. The van der Waals surface area contributed by atoms with E-state index in [0.717, 1.165) is 66.3 Å². The fraction of sp³-hybridized carbons (Fsp3) is 0. The number of fused-ring (bicyclic) bond motifs is 11. The summed E-state index contributed by atoms with van der Waals surface area (Å²) in [5.74, 6) is 0. The third-order valence-electron chi connectivity index (χ3n) is 9.87. The zero-order chi connectivity index (χ0) is 32.6. The topological polar surface area (TPSA) is 62.4 Å². The smallest absolute Gasteiger partial charge is 0.0992 e. The van der Waals surface area contributed by atoms with Crippen LogP contribution in [0, 0.1) is 22.7 Å². The molecule has 10 rings (SSSR count). The van der Waals surface area contributed by atoms with E-state index in [-0.39, 0.29) is 0 Å². The second kappa shape index (κ2) is 10.2. The number of nitriles is 2. The van der Waals surface area contributed by atoms with Crippen molar-refractivity contribution in [2.75, 3.05) is 0 Å². The molecule has 5 heteroatoms. The van der Waals surface area contributed by atoms with Crippen molar-refractivity contribution in [2.45, 2.75) is 0 Å². The van der Waals surface area contributed by atoms with Crippen LogP contribution in [0.1, 0.15) is 11.1 Å². The molecule has 5 nitrogen and oxygen atoms in total. The first-order valence-corrected chi connectivity index (χ1v) is 16.2. The summed E-state index contributed by atoms with van der Waals surface area (Å²) >= 11 is 0. The van der Waals surface area contributed by atoms with Crippen LogP contribution >= 0.6 is 0 Å². The van der Waals surface area contributed by atoms with E-state index in [0.29, 0.717) is 11.1 Å². The molecule has 0 atom stereocenters. The Morgan fingerprint density at radius 3 is 1.43 bits per heavy atom.